The van der Waals surface area contributed by atoms with Gasteiger partial charge in [0.2, 0.25) is 5.88 Å². The van der Waals surface area contributed by atoms with Gasteiger partial charge in [-0.05, 0) is 29.7 Å². The molecule has 2 aromatic rings. The van der Waals surface area contributed by atoms with E-state index in [0.717, 1.165) is 5.56 Å². The number of rotatable bonds is 4. The van der Waals surface area contributed by atoms with Crippen molar-refractivity contribution in [3.8, 4) is 11.6 Å². The number of amidine groups is 1. The Hall–Kier alpha value is -2.27. The predicted molar refractivity (Wildman–Crippen MR) is 82.4 cm³/mol. The number of oxime groups is 1. The van der Waals surface area contributed by atoms with E-state index in [1.807, 2.05) is 24.3 Å². The maximum Gasteiger partial charge on any atom is 0.238 e. The quantitative estimate of drug-likeness (QED) is 0.390. The van der Waals surface area contributed by atoms with Gasteiger partial charge in [-0.15, -0.1) is 0 Å². The normalized spacial score (nSPS) is 11.7. The lowest BCUT2D eigenvalue weighted by atomic mass is 10.0. The van der Waals surface area contributed by atoms with Crippen LogP contribution in [0, 0.1) is 0 Å². The molecule has 0 unspecified atom stereocenters. The standard InChI is InChI=1S/C15H16ClN3O2/c1-9(2)10-4-3-5-11(8-10)21-15-13(16)12(6-7-18-15)14(17)19-20/h3-9,20H,1-2H3,(H2,17,19). The van der Waals surface area contributed by atoms with E-state index in [-0.39, 0.29) is 16.7 Å². The number of hydrogen-bond acceptors (Lipinski definition) is 4. The topological polar surface area (TPSA) is 80.7 Å². The van der Waals surface area contributed by atoms with Gasteiger partial charge in [-0.25, -0.2) is 4.98 Å². The highest BCUT2D eigenvalue weighted by Gasteiger charge is 2.13. The Bertz CT molecular complexity index is 672. The molecule has 0 fully saturated rings. The molecule has 110 valence electrons. The molecule has 1 aromatic carbocycles. The summed E-state index contributed by atoms with van der Waals surface area (Å²) in [5.74, 6) is 1.14. The molecule has 0 saturated carbocycles. The van der Waals surface area contributed by atoms with Gasteiger partial charge < -0.3 is 15.7 Å². The lowest BCUT2D eigenvalue weighted by Crippen LogP contribution is -2.14. The molecule has 1 aromatic heterocycles. The summed E-state index contributed by atoms with van der Waals surface area (Å²) in [5, 5.41) is 11.9. The summed E-state index contributed by atoms with van der Waals surface area (Å²) >= 11 is 6.18. The molecule has 0 aliphatic heterocycles. The van der Waals surface area contributed by atoms with Crippen LogP contribution in [0.25, 0.3) is 0 Å². The maximum atomic E-state index is 8.73. The second-order valence-electron chi connectivity index (χ2n) is 4.79. The second kappa shape index (κ2) is 6.45. The molecule has 0 spiro atoms. The Balaban J connectivity index is 2.34. The number of hydrogen-bond donors (Lipinski definition) is 2. The van der Waals surface area contributed by atoms with E-state index in [9.17, 15) is 0 Å². The SMILES string of the molecule is CC(C)c1cccc(Oc2nccc(/C(N)=N/O)c2Cl)c1. The summed E-state index contributed by atoms with van der Waals surface area (Å²) in [7, 11) is 0. The second-order valence-corrected chi connectivity index (χ2v) is 5.17. The van der Waals surface area contributed by atoms with Gasteiger partial charge in [0.15, 0.2) is 5.84 Å². The van der Waals surface area contributed by atoms with Gasteiger partial charge in [-0.3, -0.25) is 0 Å². The van der Waals surface area contributed by atoms with Crippen LogP contribution in [0.3, 0.4) is 0 Å². The van der Waals surface area contributed by atoms with E-state index in [4.69, 9.17) is 27.3 Å². The predicted octanol–water partition coefficient (Wildman–Crippen LogP) is 3.75. The third-order valence-electron chi connectivity index (χ3n) is 2.98. The van der Waals surface area contributed by atoms with Gasteiger partial charge in [0.05, 0.1) is 0 Å². The van der Waals surface area contributed by atoms with Crippen molar-refractivity contribution >= 4 is 17.4 Å². The molecule has 0 aliphatic carbocycles. The molecule has 0 saturated heterocycles. The number of nitrogens with zero attached hydrogens (tertiary/aromatic N) is 2. The minimum absolute atomic E-state index is 0.0943. The van der Waals surface area contributed by atoms with Crippen LogP contribution in [0.1, 0.15) is 30.9 Å². The fraction of sp³-hybridized carbons (Fsp3) is 0.200. The van der Waals surface area contributed by atoms with Crippen LogP contribution >= 0.6 is 11.6 Å². The average molecular weight is 306 g/mol. The minimum Gasteiger partial charge on any atom is -0.438 e. The van der Waals surface area contributed by atoms with Crippen LogP contribution in [-0.2, 0) is 0 Å². The van der Waals surface area contributed by atoms with E-state index in [1.165, 1.54) is 6.20 Å². The van der Waals surface area contributed by atoms with Crippen molar-refractivity contribution < 1.29 is 9.94 Å². The van der Waals surface area contributed by atoms with E-state index < -0.39 is 0 Å². The molecule has 1 heterocycles. The van der Waals surface area contributed by atoms with Crippen molar-refractivity contribution in [2.24, 2.45) is 10.9 Å². The number of benzene rings is 1. The fourth-order valence-corrected chi connectivity index (χ4v) is 2.04. The maximum absolute atomic E-state index is 8.73. The van der Waals surface area contributed by atoms with Crippen molar-refractivity contribution in [2.45, 2.75) is 19.8 Å². The highest BCUT2D eigenvalue weighted by molar-refractivity contribution is 6.35. The number of ether oxygens (including phenoxy) is 1. The Morgan fingerprint density at radius 2 is 2.14 bits per heavy atom. The van der Waals surface area contributed by atoms with Crippen LogP contribution in [0.5, 0.6) is 11.6 Å². The lowest BCUT2D eigenvalue weighted by molar-refractivity contribution is 0.318. The number of halogens is 1. The van der Waals surface area contributed by atoms with Gasteiger partial charge in [0.1, 0.15) is 10.8 Å². The van der Waals surface area contributed by atoms with E-state index in [1.54, 1.807) is 6.07 Å². The molecule has 0 aliphatic rings. The van der Waals surface area contributed by atoms with Crippen LogP contribution in [-0.4, -0.2) is 16.0 Å². The van der Waals surface area contributed by atoms with Crippen molar-refractivity contribution in [1.29, 1.82) is 0 Å². The molecule has 0 amide bonds. The fourth-order valence-electron chi connectivity index (χ4n) is 1.80. The lowest BCUT2D eigenvalue weighted by Gasteiger charge is -2.11. The number of nitrogens with two attached hydrogens (primary N) is 1. The van der Waals surface area contributed by atoms with Crippen molar-refractivity contribution in [3.63, 3.8) is 0 Å². The third kappa shape index (κ3) is 3.44. The zero-order chi connectivity index (χ0) is 15.4. The summed E-state index contributed by atoms with van der Waals surface area (Å²) in [6.45, 7) is 4.20. The molecule has 3 N–H and O–H groups in total. The van der Waals surface area contributed by atoms with E-state index >= 15 is 0 Å². The van der Waals surface area contributed by atoms with Gasteiger partial charge >= 0.3 is 0 Å². The first-order valence-corrected chi connectivity index (χ1v) is 6.81. The highest BCUT2D eigenvalue weighted by Crippen LogP contribution is 2.31. The summed E-state index contributed by atoms with van der Waals surface area (Å²) in [5.41, 5.74) is 7.07. The third-order valence-corrected chi connectivity index (χ3v) is 3.35. The van der Waals surface area contributed by atoms with Crippen LogP contribution in [0.15, 0.2) is 41.7 Å². The van der Waals surface area contributed by atoms with Gasteiger partial charge in [0, 0.05) is 11.8 Å². The zero-order valence-corrected chi connectivity index (χ0v) is 12.5. The average Bonchev–Trinajstić information content (AvgIpc) is 2.49. The first-order chi connectivity index (χ1) is 10.0. The van der Waals surface area contributed by atoms with Crippen molar-refractivity contribution in [2.75, 3.05) is 0 Å². The van der Waals surface area contributed by atoms with Crippen LogP contribution in [0.4, 0.5) is 0 Å². The molecule has 5 nitrogen and oxygen atoms in total. The molecular weight excluding hydrogens is 290 g/mol. The molecule has 6 heteroatoms. The van der Waals surface area contributed by atoms with Gasteiger partial charge in [-0.1, -0.05) is 42.7 Å². The first-order valence-electron chi connectivity index (χ1n) is 6.43. The molecular formula is C15H16ClN3O2. The Labute approximate surface area is 128 Å². The van der Waals surface area contributed by atoms with Gasteiger partial charge in [-0.2, -0.15) is 0 Å². The highest BCUT2D eigenvalue weighted by atomic mass is 35.5. The summed E-state index contributed by atoms with van der Waals surface area (Å²) < 4.78 is 5.70. The monoisotopic (exact) mass is 305 g/mol. The van der Waals surface area contributed by atoms with Crippen molar-refractivity contribution in [1.82, 2.24) is 4.98 Å². The smallest absolute Gasteiger partial charge is 0.238 e. The zero-order valence-electron chi connectivity index (χ0n) is 11.7. The van der Waals surface area contributed by atoms with Gasteiger partial charge in [0.25, 0.3) is 0 Å². The number of pyridine rings is 1. The molecule has 0 bridgehead atoms. The Morgan fingerprint density at radius 1 is 1.38 bits per heavy atom. The first kappa shape index (κ1) is 15.1. The Kier molecular flexibility index (Phi) is 4.65. The van der Waals surface area contributed by atoms with E-state index in [0.29, 0.717) is 17.2 Å². The Morgan fingerprint density at radius 3 is 2.81 bits per heavy atom. The summed E-state index contributed by atoms with van der Waals surface area (Å²) in [6.07, 6.45) is 1.49. The van der Waals surface area contributed by atoms with Crippen molar-refractivity contribution in [3.05, 3.63) is 52.7 Å². The molecule has 2 rings (SSSR count). The summed E-state index contributed by atoms with van der Waals surface area (Å²) in [6, 6.07) is 9.24. The van der Waals surface area contributed by atoms with E-state index in [2.05, 4.69) is 24.0 Å². The molecule has 0 atom stereocenters. The molecule has 0 radical (unpaired) electrons. The summed E-state index contributed by atoms with van der Waals surface area (Å²) in [4.78, 5) is 4.08. The molecule has 21 heavy (non-hydrogen) atoms. The van der Waals surface area contributed by atoms with Crippen LogP contribution in [0.2, 0.25) is 5.02 Å². The largest absolute Gasteiger partial charge is 0.438 e. The van der Waals surface area contributed by atoms with Crippen LogP contribution < -0.4 is 10.5 Å². The number of aromatic nitrogens is 1. The minimum atomic E-state index is -0.0943.